The maximum Gasteiger partial charge on any atom is 0.103 e. The van der Waals surface area contributed by atoms with Gasteiger partial charge in [-0.2, -0.15) is 5.26 Å². The van der Waals surface area contributed by atoms with Gasteiger partial charge in [0.2, 0.25) is 0 Å². The van der Waals surface area contributed by atoms with Crippen molar-refractivity contribution >= 4 is 21.6 Å². The molecule has 86 valence electrons. The molecule has 0 aliphatic heterocycles. The van der Waals surface area contributed by atoms with Gasteiger partial charge in [-0.25, -0.2) is 0 Å². The van der Waals surface area contributed by atoms with Gasteiger partial charge in [-0.3, -0.25) is 4.68 Å². The average Bonchev–Trinajstić information content (AvgIpc) is 2.82. The number of nitrogens with one attached hydrogen (secondary N) is 1. The monoisotopic (exact) mass is 291 g/mol. The maximum absolute atomic E-state index is 9.04. The molecule has 0 saturated heterocycles. The molecule has 0 radical (unpaired) electrons. The minimum atomic E-state index is 0.617. The van der Waals surface area contributed by atoms with Gasteiger partial charge in [-0.05, 0) is 28.1 Å². The molecule has 0 aliphatic carbocycles. The van der Waals surface area contributed by atoms with Crippen LogP contribution < -0.4 is 5.32 Å². The largest absolute Gasteiger partial charge is 0.382 e. The molecule has 17 heavy (non-hydrogen) atoms. The summed E-state index contributed by atoms with van der Waals surface area (Å²) >= 11 is 3.35. The number of anilines is 1. The van der Waals surface area contributed by atoms with Crippen LogP contribution in [-0.4, -0.2) is 21.5 Å². The van der Waals surface area contributed by atoms with E-state index in [9.17, 15) is 0 Å². The molecule has 0 unspecified atom stereocenters. The van der Waals surface area contributed by atoms with E-state index in [1.165, 1.54) is 0 Å². The van der Waals surface area contributed by atoms with Gasteiger partial charge in [0.05, 0.1) is 24.0 Å². The topological polar surface area (TPSA) is 66.5 Å². The van der Waals surface area contributed by atoms with E-state index in [2.05, 4.69) is 37.6 Å². The molecule has 1 heterocycles. The molecule has 0 saturated carbocycles. The quantitative estimate of drug-likeness (QED) is 0.936. The van der Waals surface area contributed by atoms with Crippen molar-refractivity contribution in [3.8, 4) is 6.07 Å². The summed E-state index contributed by atoms with van der Waals surface area (Å²) in [7, 11) is 0. The molecule has 0 bridgehead atoms. The second kappa shape index (κ2) is 5.46. The summed E-state index contributed by atoms with van der Waals surface area (Å²) in [5.41, 5.74) is 1.44. The van der Waals surface area contributed by atoms with Crippen LogP contribution in [0.25, 0.3) is 0 Å². The zero-order chi connectivity index (χ0) is 12.1. The molecule has 0 aliphatic rings. The Labute approximate surface area is 107 Å². The fourth-order valence-electron chi connectivity index (χ4n) is 1.44. The highest BCUT2D eigenvalue weighted by molar-refractivity contribution is 9.10. The van der Waals surface area contributed by atoms with Gasteiger partial charge in [0.15, 0.2) is 0 Å². The third-order valence-corrected chi connectivity index (χ3v) is 2.91. The van der Waals surface area contributed by atoms with Crippen LogP contribution in [0.1, 0.15) is 5.56 Å². The zero-order valence-corrected chi connectivity index (χ0v) is 10.6. The van der Waals surface area contributed by atoms with Crippen molar-refractivity contribution in [2.45, 2.75) is 6.54 Å². The van der Waals surface area contributed by atoms with E-state index in [0.717, 1.165) is 10.2 Å². The third-order valence-electron chi connectivity index (χ3n) is 2.25. The van der Waals surface area contributed by atoms with E-state index in [1.807, 2.05) is 18.2 Å². The number of hydrogen-bond donors (Lipinski definition) is 1. The van der Waals surface area contributed by atoms with Gasteiger partial charge in [0, 0.05) is 17.2 Å². The average molecular weight is 292 g/mol. The second-order valence-electron chi connectivity index (χ2n) is 3.37. The first-order chi connectivity index (χ1) is 8.31. The van der Waals surface area contributed by atoms with Gasteiger partial charge in [-0.15, -0.1) is 5.10 Å². The van der Waals surface area contributed by atoms with Crippen molar-refractivity contribution in [1.29, 1.82) is 5.26 Å². The van der Waals surface area contributed by atoms with Crippen LogP contribution >= 0.6 is 15.9 Å². The van der Waals surface area contributed by atoms with Crippen LogP contribution in [0.4, 0.5) is 5.69 Å². The first kappa shape index (κ1) is 11.6. The second-order valence-corrected chi connectivity index (χ2v) is 4.22. The van der Waals surface area contributed by atoms with Crippen molar-refractivity contribution in [1.82, 2.24) is 15.0 Å². The fourth-order valence-corrected chi connectivity index (χ4v) is 1.90. The predicted octanol–water partition coefficient (Wildman–Crippen LogP) is 2.02. The van der Waals surface area contributed by atoms with Gasteiger partial charge in [0.25, 0.3) is 0 Å². The highest BCUT2D eigenvalue weighted by Gasteiger charge is 2.04. The molecule has 0 amide bonds. The van der Waals surface area contributed by atoms with E-state index in [4.69, 9.17) is 5.26 Å². The lowest BCUT2D eigenvalue weighted by atomic mass is 10.2. The van der Waals surface area contributed by atoms with Crippen LogP contribution in [-0.2, 0) is 6.54 Å². The Bertz CT molecular complexity index is 529. The summed E-state index contributed by atoms with van der Waals surface area (Å²) in [6, 6.07) is 7.78. The van der Waals surface area contributed by atoms with Crippen molar-refractivity contribution < 1.29 is 0 Å². The molecular weight excluding hydrogens is 282 g/mol. The number of halogens is 1. The SMILES string of the molecule is N#Cc1c(Br)cccc1NCCn1ccnn1. The zero-order valence-electron chi connectivity index (χ0n) is 8.97. The number of nitriles is 1. The molecule has 1 aromatic carbocycles. The van der Waals surface area contributed by atoms with Crippen molar-refractivity contribution in [2.24, 2.45) is 0 Å². The van der Waals surface area contributed by atoms with Gasteiger partial charge >= 0.3 is 0 Å². The smallest absolute Gasteiger partial charge is 0.103 e. The predicted molar refractivity (Wildman–Crippen MR) is 67.4 cm³/mol. The Balaban J connectivity index is 2.00. The lowest BCUT2D eigenvalue weighted by Crippen LogP contribution is -2.11. The van der Waals surface area contributed by atoms with Gasteiger partial charge in [0.1, 0.15) is 6.07 Å². The van der Waals surface area contributed by atoms with Crippen molar-refractivity contribution in [3.63, 3.8) is 0 Å². The van der Waals surface area contributed by atoms with Crippen LogP contribution in [0.3, 0.4) is 0 Å². The number of aromatic nitrogens is 3. The standard InChI is InChI=1S/C11H10BrN5/c12-10-2-1-3-11(9(10)8-13)14-4-6-17-7-5-15-16-17/h1-3,5,7,14H,4,6H2. The van der Waals surface area contributed by atoms with E-state index in [1.54, 1.807) is 17.1 Å². The van der Waals surface area contributed by atoms with E-state index in [-0.39, 0.29) is 0 Å². The minimum absolute atomic E-state index is 0.617. The highest BCUT2D eigenvalue weighted by atomic mass is 79.9. The lowest BCUT2D eigenvalue weighted by Gasteiger charge is -2.08. The number of rotatable bonds is 4. The van der Waals surface area contributed by atoms with E-state index in [0.29, 0.717) is 18.7 Å². The first-order valence-electron chi connectivity index (χ1n) is 5.08. The molecule has 5 nitrogen and oxygen atoms in total. The first-order valence-corrected chi connectivity index (χ1v) is 5.87. The highest BCUT2D eigenvalue weighted by Crippen LogP contribution is 2.23. The van der Waals surface area contributed by atoms with Crippen LogP contribution in [0.15, 0.2) is 35.1 Å². The summed E-state index contributed by atoms with van der Waals surface area (Å²) in [4.78, 5) is 0. The van der Waals surface area contributed by atoms with Crippen molar-refractivity contribution in [2.75, 3.05) is 11.9 Å². The molecule has 6 heteroatoms. The van der Waals surface area contributed by atoms with Gasteiger partial charge in [-0.1, -0.05) is 11.3 Å². The molecule has 2 rings (SSSR count). The molecule has 0 fully saturated rings. The number of benzene rings is 1. The number of nitrogens with zero attached hydrogens (tertiary/aromatic N) is 4. The summed E-state index contributed by atoms with van der Waals surface area (Å²) in [6.07, 6.45) is 3.44. The van der Waals surface area contributed by atoms with Crippen LogP contribution in [0, 0.1) is 11.3 Å². The van der Waals surface area contributed by atoms with E-state index >= 15 is 0 Å². The fraction of sp³-hybridized carbons (Fsp3) is 0.182. The Hall–Kier alpha value is -1.87. The molecule has 0 atom stereocenters. The molecule has 0 spiro atoms. The molecular formula is C11H10BrN5. The Kier molecular flexibility index (Phi) is 3.73. The van der Waals surface area contributed by atoms with Crippen LogP contribution in [0.2, 0.25) is 0 Å². The summed E-state index contributed by atoms with van der Waals surface area (Å²) in [5.74, 6) is 0. The Morgan fingerprint density at radius 3 is 3.06 bits per heavy atom. The third kappa shape index (κ3) is 2.82. The normalized spacial score (nSPS) is 9.88. The molecule has 1 aromatic heterocycles. The van der Waals surface area contributed by atoms with E-state index < -0.39 is 0 Å². The summed E-state index contributed by atoms with van der Waals surface area (Å²) in [6.45, 7) is 1.39. The molecule has 2 aromatic rings. The molecule has 1 N–H and O–H groups in total. The summed E-state index contributed by atoms with van der Waals surface area (Å²) in [5, 5.41) is 19.8. The Morgan fingerprint density at radius 1 is 1.47 bits per heavy atom. The summed E-state index contributed by atoms with van der Waals surface area (Å²) < 4.78 is 2.53. The minimum Gasteiger partial charge on any atom is -0.382 e. The number of hydrogen-bond acceptors (Lipinski definition) is 4. The Morgan fingerprint density at radius 2 is 2.35 bits per heavy atom. The van der Waals surface area contributed by atoms with Crippen LogP contribution in [0.5, 0.6) is 0 Å². The van der Waals surface area contributed by atoms with Gasteiger partial charge < -0.3 is 5.32 Å². The maximum atomic E-state index is 9.04. The van der Waals surface area contributed by atoms with Crippen molar-refractivity contribution in [3.05, 3.63) is 40.6 Å². The lowest BCUT2D eigenvalue weighted by molar-refractivity contribution is 0.609.